The molecule has 1 aromatic rings. The van der Waals surface area contributed by atoms with Gasteiger partial charge in [-0.05, 0) is 25.6 Å². The van der Waals surface area contributed by atoms with Crippen LogP contribution in [0, 0.1) is 0 Å². The van der Waals surface area contributed by atoms with Gasteiger partial charge in [0.15, 0.2) is 0 Å². The molecular formula is C12H16N2O3S. The third-order valence-corrected chi connectivity index (χ3v) is 5.05. The smallest absolute Gasteiger partial charge is 0.243 e. The first kappa shape index (κ1) is 13.2. The summed E-state index contributed by atoms with van der Waals surface area (Å²) in [6.07, 6.45) is 1.46. The van der Waals surface area contributed by atoms with Crippen LogP contribution in [0.3, 0.4) is 0 Å². The molecule has 1 atom stereocenters. The molecule has 1 aromatic carbocycles. The quantitative estimate of drug-likeness (QED) is 0.807. The topological polar surface area (TPSA) is 66.5 Å². The normalized spacial score (nSPS) is 21.1. The number of nitrogens with one attached hydrogen (secondary N) is 1. The Morgan fingerprint density at radius 2 is 2.22 bits per heavy atom. The molecule has 6 heteroatoms. The number of carbonyl (C=O) groups is 1. The highest BCUT2D eigenvalue weighted by molar-refractivity contribution is 7.89. The molecule has 0 aromatic heterocycles. The molecule has 2 rings (SSSR count). The molecule has 98 valence electrons. The maximum atomic E-state index is 12.3. The van der Waals surface area contributed by atoms with E-state index in [9.17, 15) is 13.2 Å². The van der Waals surface area contributed by atoms with E-state index in [-0.39, 0.29) is 10.9 Å². The molecule has 0 aliphatic carbocycles. The molecule has 0 spiro atoms. The average Bonchev–Trinajstić information content (AvgIpc) is 2.88. The van der Waals surface area contributed by atoms with Gasteiger partial charge in [0.25, 0.3) is 0 Å². The van der Waals surface area contributed by atoms with Crippen molar-refractivity contribution in [2.45, 2.75) is 17.4 Å². The van der Waals surface area contributed by atoms with Crippen LogP contribution in [0.15, 0.2) is 29.2 Å². The summed E-state index contributed by atoms with van der Waals surface area (Å²) in [7, 11) is -1.65. The molecule has 1 aliphatic heterocycles. The van der Waals surface area contributed by atoms with Crippen LogP contribution in [0.5, 0.6) is 0 Å². The molecule has 0 amide bonds. The van der Waals surface area contributed by atoms with Gasteiger partial charge in [0.2, 0.25) is 10.0 Å². The van der Waals surface area contributed by atoms with E-state index in [2.05, 4.69) is 5.32 Å². The van der Waals surface area contributed by atoms with Crippen LogP contribution >= 0.6 is 0 Å². The van der Waals surface area contributed by atoms with Crippen LogP contribution in [-0.2, 0) is 10.0 Å². The standard InChI is InChI=1S/C12H16N2O3S/c1-13-11-5-6-14(8-11)18(16,17)12-4-2-3-10(7-12)9-15/h2-4,7,9,11,13H,5-6,8H2,1H3. The fourth-order valence-electron chi connectivity index (χ4n) is 2.08. The van der Waals surface area contributed by atoms with Crippen molar-refractivity contribution in [2.75, 3.05) is 20.1 Å². The summed E-state index contributed by atoms with van der Waals surface area (Å²) < 4.78 is 26.1. The monoisotopic (exact) mass is 268 g/mol. The minimum absolute atomic E-state index is 0.184. The first-order valence-electron chi connectivity index (χ1n) is 5.80. The molecule has 5 nitrogen and oxygen atoms in total. The van der Waals surface area contributed by atoms with Gasteiger partial charge in [0.05, 0.1) is 4.90 Å². The Morgan fingerprint density at radius 3 is 2.83 bits per heavy atom. The summed E-state index contributed by atoms with van der Waals surface area (Å²) in [6, 6.07) is 6.31. The van der Waals surface area contributed by atoms with E-state index >= 15 is 0 Å². The highest BCUT2D eigenvalue weighted by Gasteiger charge is 2.31. The second-order valence-corrected chi connectivity index (χ2v) is 6.27. The van der Waals surface area contributed by atoms with Gasteiger partial charge in [-0.3, -0.25) is 4.79 Å². The van der Waals surface area contributed by atoms with Crippen molar-refractivity contribution >= 4 is 16.3 Å². The molecule has 18 heavy (non-hydrogen) atoms. The number of benzene rings is 1. The molecule has 1 heterocycles. The number of hydrogen-bond acceptors (Lipinski definition) is 4. The van der Waals surface area contributed by atoms with Crippen LogP contribution in [-0.4, -0.2) is 45.2 Å². The Bertz CT molecular complexity index is 542. The maximum Gasteiger partial charge on any atom is 0.243 e. The minimum atomic E-state index is -3.48. The van der Waals surface area contributed by atoms with Gasteiger partial charge in [-0.25, -0.2) is 8.42 Å². The van der Waals surface area contributed by atoms with Gasteiger partial charge in [0, 0.05) is 24.7 Å². The summed E-state index contributed by atoms with van der Waals surface area (Å²) in [5.41, 5.74) is 0.375. The van der Waals surface area contributed by atoms with E-state index in [1.807, 2.05) is 7.05 Å². The number of rotatable bonds is 4. The van der Waals surface area contributed by atoms with Crippen molar-refractivity contribution in [1.29, 1.82) is 0 Å². The SMILES string of the molecule is CNC1CCN(S(=O)(=O)c2cccc(C=O)c2)C1. The number of carbonyl (C=O) groups excluding carboxylic acids is 1. The van der Waals surface area contributed by atoms with Crippen LogP contribution in [0.1, 0.15) is 16.8 Å². The lowest BCUT2D eigenvalue weighted by molar-refractivity contribution is 0.112. The zero-order valence-corrected chi connectivity index (χ0v) is 11.0. The van der Waals surface area contributed by atoms with E-state index < -0.39 is 10.0 Å². The fourth-order valence-corrected chi connectivity index (χ4v) is 3.64. The molecule has 1 aliphatic rings. The Kier molecular flexibility index (Phi) is 3.79. The van der Waals surface area contributed by atoms with Gasteiger partial charge in [0.1, 0.15) is 6.29 Å². The summed E-state index contributed by atoms with van der Waals surface area (Å²) in [5, 5.41) is 3.08. The fraction of sp³-hybridized carbons (Fsp3) is 0.417. The Morgan fingerprint density at radius 1 is 1.44 bits per heavy atom. The predicted octanol–water partition coefficient (Wildman–Crippen LogP) is 0.482. The van der Waals surface area contributed by atoms with Crippen molar-refractivity contribution in [3.63, 3.8) is 0 Å². The third-order valence-electron chi connectivity index (χ3n) is 3.19. The summed E-state index contributed by atoms with van der Waals surface area (Å²) in [6.45, 7) is 0.989. The highest BCUT2D eigenvalue weighted by Crippen LogP contribution is 2.21. The first-order valence-corrected chi connectivity index (χ1v) is 7.24. The van der Waals surface area contributed by atoms with Crippen molar-refractivity contribution in [3.05, 3.63) is 29.8 Å². The zero-order chi connectivity index (χ0) is 13.2. The number of sulfonamides is 1. The Balaban J connectivity index is 2.28. The maximum absolute atomic E-state index is 12.3. The van der Waals surface area contributed by atoms with Crippen molar-refractivity contribution in [2.24, 2.45) is 0 Å². The second-order valence-electron chi connectivity index (χ2n) is 4.33. The molecule has 0 saturated carbocycles. The lowest BCUT2D eigenvalue weighted by Gasteiger charge is -2.16. The van der Waals surface area contributed by atoms with E-state index in [0.29, 0.717) is 24.9 Å². The molecule has 1 unspecified atom stereocenters. The summed E-state index contributed by atoms with van der Waals surface area (Å²) in [4.78, 5) is 10.9. The lowest BCUT2D eigenvalue weighted by atomic mass is 10.2. The molecule has 0 radical (unpaired) electrons. The van der Waals surface area contributed by atoms with Gasteiger partial charge < -0.3 is 5.32 Å². The van der Waals surface area contributed by atoms with Crippen LogP contribution in [0.4, 0.5) is 0 Å². The number of nitrogens with zero attached hydrogens (tertiary/aromatic N) is 1. The van der Waals surface area contributed by atoms with Crippen molar-refractivity contribution in [1.82, 2.24) is 9.62 Å². The van der Waals surface area contributed by atoms with Gasteiger partial charge >= 0.3 is 0 Å². The predicted molar refractivity (Wildman–Crippen MR) is 68.1 cm³/mol. The van der Waals surface area contributed by atoms with Crippen LogP contribution in [0.2, 0.25) is 0 Å². The van der Waals surface area contributed by atoms with E-state index in [1.165, 1.54) is 16.4 Å². The third kappa shape index (κ3) is 2.45. The molecule has 1 saturated heterocycles. The Hall–Kier alpha value is -1.24. The first-order chi connectivity index (χ1) is 8.57. The van der Waals surface area contributed by atoms with E-state index in [1.54, 1.807) is 12.1 Å². The number of likely N-dealkylation sites (N-methyl/N-ethyl adjacent to an activating group) is 1. The van der Waals surface area contributed by atoms with E-state index in [4.69, 9.17) is 0 Å². The number of aldehydes is 1. The van der Waals surface area contributed by atoms with Crippen molar-refractivity contribution < 1.29 is 13.2 Å². The Labute approximate surface area is 107 Å². The van der Waals surface area contributed by atoms with Crippen molar-refractivity contribution in [3.8, 4) is 0 Å². The van der Waals surface area contributed by atoms with Gasteiger partial charge in [-0.15, -0.1) is 0 Å². The molecular weight excluding hydrogens is 252 g/mol. The lowest BCUT2D eigenvalue weighted by Crippen LogP contribution is -2.33. The van der Waals surface area contributed by atoms with Gasteiger partial charge in [-0.2, -0.15) is 4.31 Å². The molecule has 0 bridgehead atoms. The van der Waals surface area contributed by atoms with Gasteiger partial charge in [-0.1, -0.05) is 12.1 Å². The van der Waals surface area contributed by atoms with E-state index in [0.717, 1.165) is 6.42 Å². The second kappa shape index (κ2) is 5.17. The summed E-state index contributed by atoms with van der Waals surface area (Å²) >= 11 is 0. The number of hydrogen-bond donors (Lipinski definition) is 1. The summed E-state index contributed by atoms with van der Waals surface area (Å²) in [5.74, 6) is 0. The highest BCUT2D eigenvalue weighted by atomic mass is 32.2. The van der Waals surface area contributed by atoms with Crippen LogP contribution in [0.25, 0.3) is 0 Å². The molecule has 1 fully saturated rings. The van der Waals surface area contributed by atoms with Crippen LogP contribution < -0.4 is 5.32 Å². The molecule has 1 N–H and O–H groups in total. The average molecular weight is 268 g/mol. The largest absolute Gasteiger partial charge is 0.316 e. The zero-order valence-electron chi connectivity index (χ0n) is 10.2. The minimum Gasteiger partial charge on any atom is -0.316 e.